The minimum atomic E-state index is -0.780. The van der Waals surface area contributed by atoms with Crippen LogP contribution in [0.4, 0.5) is 14.5 Å². The number of rotatable bonds is 2. The molecule has 21 heavy (non-hydrogen) atoms. The van der Waals surface area contributed by atoms with E-state index in [1.165, 1.54) is 18.2 Å². The minimum absolute atomic E-state index is 0.0116. The first-order chi connectivity index (χ1) is 9.97. The molecule has 106 valence electrons. The number of amides is 1. The molecule has 0 bridgehead atoms. The van der Waals surface area contributed by atoms with Crippen LogP contribution in [0.15, 0.2) is 40.9 Å². The summed E-state index contributed by atoms with van der Waals surface area (Å²) >= 11 is 3.15. The van der Waals surface area contributed by atoms with E-state index in [0.717, 1.165) is 17.0 Å². The number of anilines is 1. The van der Waals surface area contributed by atoms with E-state index in [1.807, 2.05) is 0 Å². The van der Waals surface area contributed by atoms with E-state index in [1.54, 1.807) is 6.07 Å². The summed E-state index contributed by atoms with van der Waals surface area (Å²) in [5.74, 6) is -2.63. The predicted octanol–water partition coefficient (Wildman–Crippen LogP) is 3.46. The van der Waals surface area contributed by atoms with Crippen molar-refractivity contribution in [3.8, 4) is 0 Å². The van der Waals surface area contributed by atoms with E-state index in [4.69, 9.17) is 0 Å². The maximum absolute atomic E-state index is 13.9. The van der Waals surface area contributed by atoms with Gasteiger partial charge in [-0.25, -0.2) is 8.78 Å². The van der Waals surface area contributed by atoms with Gasteiger partial charge in [0.25, 0.3) is 11.7 Å². The topological polar surface area (TPSA) is 37.4 Å². The molecule has 0 atom stereocenters. The Morgan fingerprint density at radius 1 is 1.05 bits per heavy atom. The van der Waals surface area contributed by atoms with E-state index in [-0.39, 0.29) is 17.7 Å². The van der Waals surface area contributed by atoms with Crippen molar-refractivity contribution in [3.63, 3.8) is 0 Å². The lowest BCUT2D eigenvalue weighted by Crippen LogP contribution is -2.29. The fraction of sp³-hybridized carbons (Fsp3) is 0.0667. The van der Waals surface area contributed by atoms with Crippen molar-refractivity contribution in [1.29, 1.82) is 0 Å². The molecule has 1 aliphatic rings. The van der Waals surface area contributed by atoms with E-state index in [9.17, 15) is 18.4 Å². The number of nitrogens with zero attached hydrogens (tertiary/aromatic N) is 1. The maximum atomic E-state index is 13.9. The van der Waals surface area contributed by atoms with Crippen molar-refractivity contribution < 1.29 is 18.4 Å². The molecule has 0 spiro atoms. The average Bonchev–Trinajstić information content (AvgIpc) is 2.66. The summed E-state index contributed by atoms with van der Waals surface area (Å²) in [4.78, 5) is 25.0. The lowest BCUT2D eigenvalue weighted by Gasteiger charge is -2.17. The monoisotopic (exact) mass is 351 g/mol. The smallest absolute Gasteiger partial charge is 0.299 e. The average molecular weight is 352 g/mol. The molecule has 3 rings (SSSR count). The number of carbonyl (C=O) groups is 2. The Morgan fingerprint density at radius 3 is 2.52 bits per heavy atom. The van der Waals surface area contributed by atoms with E-state index in [2.05, 4.69) is 15.9 Å². The Bertz CT molecular complexity index is 776. The van der Waals surface area contributed by atoms with Crippen LogP contribution in [0, 0.1) is 11.6 Å². The maximum Gasteiger partial charge on any atom is 0.299 e. The second kappa shape index (κ2) is 5.04. The summed E-state index contributed by atoms with van der Waals surface area (Å²) in [5, 5.41) is 0. The van der Waals surface area contributed by atoms with Crippen molar-refractivity contribution in [3.05, 3.63) is 63.6 Å². The fourth-order valence-corrected chi connectivity index (χ4v) is 2.58. The molecule has 2 aromatic rings. The van der Waals surface area contributed by atoms with Crippen LogP contribution >= 0.6 is 15.9 Å². The molecule has 3 nitrogen and oxygen atoms in total. The second-order valence-electron chi connectivity index (χ2n) is 4.62. The highest BCUT2D eigenvalue weighted by Crippen LogP contribution is 2.31. The van der Waals surface area contributed by atoms with Gasteiger partial charge < -0.3 is 4.90 Å². The van der Waals surface area contributed by atoms with Crippen LogP contribution in [0.5, 0.6) is 0 Å². The highest BCUT2D eigenvalue weighted by molar-refractivity contribution is 9.10. The molecule has 0 aliphatic carbocycles. The lowest BCUT2D eigenvalue weighted by atomic mass is 10.1. The van der Waals surface area contributed by atoms with Crippen molar-refractivity contribution in [2.45, 2.75) is 6.54 Å². The number of Topliss-reactive ketones (excluding diaryl/α,β-unsaturated/α-hetero) is 1. The highest BCUT2D eigenvalue weighted by Gasteiger charge is 2.36. The summed E-state index contributed by atoms with van der Waals surface area (Å²) in [7, 11) is 0. The Balaban J connectivity index is 2.00. The summed E-state index contributed by atoms with van der Waals surface area (Å²) in [6.45, 7) is -0.0810. The predicted molar refractivity (Wildman–Crippen MR) is 76.0 cm³/mol. The van der Waals surface area contributed by atoms with Gasteiger partial charge in [0.1, 0.15) is 11.6 Å². The molecule has 1 heterocycles. The molecule has 0 fully saturated rings. The molecule has 0 unspecified atom stereocenters. The van der Waals surface area contributed by atoms with Crippen molar-refractivity contribution in [1.82, 2.24) is 0 Å². The third-order valence-electron chi connectivity index (χ3n) is 3.28. The molecule has 0 aromatic heterocycles. The second-order valence-corrected chi connectivity index (χ2v) is 5.53. The fourth-order valence-electron chi connectivity index (χ4n) is 2.25. The number of benzene rings is 2. The SMILES string of the molecule is O=C1C(=O)N(Cc2ccc(Br)cc2F)c2ccc(F)cc21. The van der Waals surface area contributed by atoms with E-state index >= 15 is 0 Å². The van der Waals surface area contributed by atoms with Gasteiger partial charge in [-0.2, -0.15) is 0 Å². The Kier molecular flexibility index (Phi) is 3.33. The summed E-state index contributed by atoms with van der Waals surface area (Å²) in [6, 6.07) is 7.99. The van der Waals surface area contributed by atoms with Crippen LogP contribution < -0.4 is 4.90 Å². The zero-order chi connectivity index (χ0) is 15.1. The Labute approximate surface area is 127 Å². The van der Waals surface area contributed by atoms with Crippen molar-refractivity contribution >= 4 is 33.3 Å². The zero-order valence-corrected chi connectivity index (χ0v) is 12.2. The summed E-state index contributed by atoms with van der Waals surface area (Å²) in [5.41, 5.74) is 0.586. The first kappa shape index (κ1) is 13.9. The number of carbonyl (C=O) groups excluding carboxylic acids is 2. The molecular formula is C15H8BrF2NO2. The van der Waals surface area contributed by atoms with Gasteiger partial charge in [-0.1, -0.05) is 22.0 Å². The first-order valence-electron chi connectivity index (χ1n) is 6.07. The molecule has 0 N–H and O–H groups in total. The minimum Gasteiger partial charge on any atom is -0.300 e. The van der Waals surface area contributed by atoms with Gasteiger partial charge in [0.05, 0.1) is 17.8 Å². The molecular weight excluding hydrogens is 344 g/mol. The van der Waals surface area contributed by atoms with Gasteiger partial charge in [-0.3, -0.25) is 9.59 Å². The van der Waals surface area contributed by atoms with E-state index in [0.29, 0.717) is 10.2 Å². The van der Waals surface area contributed by atoms with Crippen LogP contribution in [-0.2, 0) is 11.3 Å². The van der Waals surface area contributed by atoms with Crippen LogP contribution in [0.25, 0.3) is 0 Å². The highest BCUT2D eigenvalue weighted by atomic mass is 79.9. The summed E-state index contributed by atoms with van der Waals surface area (Å²) < 4.78 is 27.6. The molecule has 1 aliphatic heterocycles. The van der Waals surface area contributed by atoms with Gasteiger partial charge in [-0.15, -0.1) is 0 Å². The van der Waals surface area contributed by atoms with Gasteiger partial charge in [0, 0.05) is 10.0 Å². The Morgan fingerprint density at radius 2 is 1.81 bits per heavy atom. The first-order valence-corrected chi connectivity index (χ1v) is 6.86. The number of hydrogen-bond donors (Lipinski definition) is 0. The van der Waals surface area contributed by atoms with Crippen LogP contribution in [0.2, 0.25) is 0 Å². The largest absolute Gasteiger partial charge is 0.300 e. The molecule has 0 saturated carbocycles. The lowest BCUT2D eigenvalue weighted by molar-refractivity contribution is -0.114. The molecule has 6 heteroatoms. The van der Waals surface area contributed by atoms with Crippen LogP contribution in [-0.4, -0.2) is 11.7 Å². The molecule has 0 saturated heterocycles. The van der Waals surface area contributed by atoms with Crippen molar-refractivity contribution in [2.75, 3.05) is 4.90 Å². The zero-order valence-electron chi connectivity index (χ0n) is 10.6. The number of fused-ring (bicyclic) bond motifs is 1. The Hall–Kier alpha value is -2.08. The normalized spacial score (nSPS) is 13.8. The number of halogens is 3. The van der Waals surface area contributed by atoms with Gasteiger partial charge >= 0.3 is 0 Å². The van der Waals surface area contributed by atoms with Gasteiger partial charge in [0.15, 0.2) is 0 Å². The third kappa shape index (κ3) is 2.35. The number of ketones is 1. The van der Waals surface area contributed by atoms with Gasteiger partial charge in [0.2, 0.25) is 0 Å². The van der Waals surface area contributed by atoms with Crippen LogP contribution in [0.3, 0.4) is 0 Å². The van der Waals surface area contributed by atoms with Crippen molar-refractivity contribution in [2.24, 2.45) is 0 Å². The van der Waals surface area contributed by atoms with Gasteiger partial charge in [-0.05, 0) is 30.3 Å². The molecule has 1 amide bonds. The van der Waals surface area contributed by atoms with Crippen LogP contribution in [0.1, 0.15) is 15.9 Å². The summed E-state index contributed by atoms with van der Waals surface area (Å²) in [6.07, 6.45) is 0. The standard InChI is InChI=1S/C15H8BrF2NO2/c16-9-2-1-8(12(18)5-9)7-19-13-4-3-10(17)6-11(13)14(20)15(19)21/h1-6H,7H2. The quantitative estimate of drug-likeness (QED) is 0.777. The third-order valence-corrected chi connectivity index (χ3v) is 3.77. The van der Waals surface area contributed by atoms with E-state index < -0.39 is 23.3 Å². The number of hydrogen-bond acceptors (Lipinski definition) is 2. The molecule has 0 radical (unpaired) electrons. The molecule has 2 aromatic carbocycles.